The monoisotopic (exact) mass is 366 g/mol. The number of anilines is 1. The Bertz CT molecular complexity index is 922. The van der Waals surface area contributed by atoms with Gasteiger partial charge >= 0.3 is 0 Å². The minimum Gasteiger partial charge on any atom is -0.321 e. The molecule has 1 N–H and O–H groups in total. The molecule has 1 aromatic heterocycles. The van der Waals surface area contributed by atoms with Crippen LogP contribution in [0.25, 0.3) is 10.1 Å². The van der Waals surface area contributed by atoms with Crippen molar-refractivity contribution in [3.63, 3.8) is 0 Å². The summed E-state index contributed by atoms with van der Waals surface area (Å²) in [6.07, 6.45) is 0. The number of carbonyl (C=O) groups is 1. The van der Waals surface area contributed by atoms with Crippen LogP contribution in [0.2, 0.25) is 10.0 Å². The summed E-state index contributed by atoms with van der Waals surface area (Å²) in [6, 6.07) is 10.8. The van der Waals surface area contributed by atoms with E-state index in [1.807, 2.05) is 0 Å². The molecular formula is C15H8Cl2N2O3S. The summed E-state index contributed by atoms with van der Waals surface area (Å²) in [7, 11) is 0. The van der Waals surface area contributed by atoms with Crippen LogP contribution in [0.1, 0.15) is 9.67 Å². The first kappa shape index (κ1) is 15.7. The number of nitrogens with one attached hydrogen (secondary N) is 1. The smallest absolute Gasteiger partial charge is 0.269 e. The zero-order valence-corrected chi connectivity index (χ0v) is 13.7. The Morgan fingerprint density at radius 3 is 2.48 bits per heavy atom. The summed E-state index contributed by atoms with van der Waals surface area (Å²) in [5.74, 6) is -0.374. The fourth-order valence-electron chi connectivity index (χ4n) is 2.04. The number of benzene rings is 2. The lowest BCUT2D eigenvalue weighted by atomic mass is 10.2. The van der Waals surface area contributed by atoms with Gasteiger partial charge in [0.2, 0.25) is 0 Å². The van der Waals surface area contributed by atoms with E-state index in [2.05, 4.69) is 5.32 Å². The van der Waals surface area contributed by atoms with Crippen LogP contribution in [0, 0.1) is 10.1 Å². The van der Waals surface area contributed by atoms with Crippen molar-refractivity contribution < 1.29 is 9.72 Å². The summed E-state index contributed by atoms with van der Waals surface area (Å²) in [4.78, 5) is 22.8. The van der Waals surface area contributed by atoms with Crippen LogP contribution < -0.4 is 5.32 Å². The number of nitro groups is 1. The predicted octanol–water partition coefficient (Wildman–Crippen LogP) is 5.37. The van der Waals surface area contributed by atoms with Gasteiger partial charge in [0.05, 0.1) is 9.95 Å². The second kappa shape index (κ2) is 6.16. The van der Waals surface area contributed by atoms with E-state index in [9.17, 15) is 14.9 Å². The van der Waals surface area contributed by atoms with Crippen LogP contribution in [0.3, 0.4) is 0 Å². The average Bonchev–Trinajstić information content (AvgIpc) is 2.84. The number of hydrogen-bond donors (Lipinski definition) is 1. The number of carbonyl (C=O) groups excluding carboxylic acids is 1. The first-order valence-corrected chi connectivity index (χ1v) is 7.96. The first-order chi connectivity index (χ1) is 11.0. The van der Waals surface area contributed by atoms with Gasteiger partial charge in [-0.15, -0.1) is 11.3 Å². The molecule has 0 aliphatic heterocycles. The van der Waals surface area contributed by atoms with Crippen molar-refractivity contribution in [3.05, 3.63) is 67.5 Å². The molecule has 0 saturated heterocycles. The molecule has 0 spiro atoms. The third kappa shape index (κ3) is 3.14. The first-order valence-electron chi connectivity index (χ1n) is 6.39. The highest BCUT2D eigenvalue weighted by molar-refractivity contribution is 7.21. The van der Waals surface area contributed by atoms with Crippen molar-refractivity contribution in [1.29, 1.82) is 0 Å². The summed E-state index contributed by atoms with van der Waals surface area (Å²) in [5, 5.41) is 15.0. The van der Waals surface area contributed by atoms with Crippen molar-refractivity contribution in [1.82, 2.24) is 0 Å². The number of nitrogens with zero attached hydrogens (tertiary/aromatic N) is 1. The number of fused-ring (bicyclic) bond motifs is 1. The molecule has 0 unspecified atom stereocenters. The van der Waals surface area contributed by atoms with Crippen LogP contribution in [0.15, 0.2) is 42.5 Å². The van der Waals surface area contributed by atoms with Gasteiger partial charge in [-0.25, -0.2) is 0 Å². The number of hydrogen-bond acceptors (Lipinski definition) is 4. The number of rotatable bonds is 3. The Hall–Kier alpha value is -2.15. The fourth-order valence-corrected chi connectivity index (χ4v) is 3.73. The summed E-state index contributed by atoms with van der Waals surface area (Å²) in [5.41, 5.74) is 0.407. The summed E-state index contributed by atoms with van der Waals surface area (Å²) >= 11 is 13.4. The maximum atomic E-state index is 12.4. The Kier molecular flexibility index (Phi) is 4.21. The van der Waals surface area contributed by atoms with Gasteiger partial charge in [0.1, 0.15) is 4.88 Å². The predicted molar refractivity (Wildman–Crippen MR) is 92.9 cm³/mol. The van der Waals surface area contributed by atoms with Gasteiger partial charge in [0.15, 0.2) is 0 Å². The number of thiophene rings is 1. The molecule has 0 atom stereocenters. The van der Waals surface area contributed by atoms with Gasteiger partial charge in [-0.3, -0.25) is 14.9 Å². The second-order valence-corrected chi connectivity index (χ2v) is 6.51. The van der Waals surface area contributed by atoms with Crippen LogP contribution in [-0.2, 0) is 0 Å². The lowest BCUT2D eigenvalue weighted by Crippen LogP contribution is -2.10. The van der Waals surface area contributed by atoms with Crippen molar-refractivity contribution in [2.75, 3.05) is 5.32 Å². The van der Waals surface area contributed by atoms with E-state index in [-0.39, 0.29) is 11.6 Å². The SMILES string of the molecule is O=C(Nc1ccc([N+](=O)[O-])cc1)c1sc2cc(Cl)ccc2c1Cl. The van der Waals surface area contributed by atoms with E-state index in [0.29, 0.717) is 20.6 Å². The molecule has 0 aliphatic rings. The third-order valence-electron chi connectivity index (χ3n) is 3.13. The highest BCUT2D eigenvalue weighted by atomic mass is 35.5. The average molecular weight is 367 g/mol. The Labute approximate surface area is 144 Å². The van der Waals surface area contributed by atoms with Gasteiger partial charge in [-0.05, 0) is 24.3 Å². The summed E-state index contributed by atoms with van der Waals surface area (Å²) < 4.78 is 0.816. The molecule has 2 aromatic carbocycles. The molecule has 1 amide bonds. The molecule has 0 saturated carbocycles. The summed E-state index contributed by atoms with van der Waals surface area (Å²) in [6.45, 7) is 0. The Balaban J connectivity index is 1.88. The van der Waals surface area contributed by atoms with E-state index in [4.69, 9.17) is 23.2 Å². The van der Waals surface area contributed by atoms with Crippen molar-refractivity contribution in [2.24, 2.45) is 0 Å². The standard InChI is InChI=1S/C15H8Cl2N2O3S/c16-8-1-6-11-12(7-8)23-14(13(11)17)15(20)18-9-2-4-10(5-3-9)19(21)22/h1-7H,(H,18,20). The zero-order chi connectivity index (χ0) is 16.6. The van der Waals surface area contributed by atoms with Crippen molar-refractivity contribution >= 4 is 61.9 Å². The third-order valence-corrected chi connectivity index (χ3v) is 5.02. The van der Waals surface area contributed by atoms with Crippen LogP contribution in [0.5, 0.6) is 0 Å². The number of amides is 1. The number of non-ortho nitro benzene ring substituents is 1. The molecule has 0 aliphatic carbocycles. The maximum Gasteiger partial charge on any atom is 0.269 e. The van der Waals surface area contributed by atoms with Crippen LogP contribution in [0.4, 0.5) is 11.4 Å². The number of nitro benzene ring substituents is 1. The molecular weight excluding hydrogens is 359 g/mol. The molecule has 8 heteroatoms. The molecule has 3 rings (SSSR count). The Morgan fingerprint density at radius 2 is 1.83 bits per heavy atom. The normalized spacial score (nSPS) is 10.7. The molecule has 0 fully saturated rings. The second-order valence-electron chi connectivity index (χ2n) is 4.64. The topological polar surface area (TPSA) is 72.2 Å². The van der Waals surface area contributed by atoms with Gasteiger partial charge in [-0.1, -0.05) is 29.3 Å². The highest BCUT2D eigenvalue weighted by Gasteiger charge is 2.17. The maximum absolute atomic E-state index is 12.4. The lowest BCUT2D eigenvalue weighted by molar-refractivity contribution is -0.384. The molecule has 1 heterocycles. The minimum absolute atomic E-state index is 0.0439. The minimum atomic E-state index is -0.502. The zero-order valence-electron chi connectivity index (χ0n) is 11.4. The van der Waals surface area contributed by atoms with Gasteiger partial charge in [0, 0.05) is 32.9 Å². The Morgan fingerprint density at radius 1 is 1.13 bits per heavy atom. The van der Waals surface area contributed by atoms with Crippen molar-refractivity contribution in [2.45, 2.75) is 0 Å². The molecule has 23 heavy (non-hydrogen) atoms. The molecule has 0 radical (unpaired) electrons. The van der Waals surface area contributed by atoms with E-state index in [1.165, 1.54) is 35.6 Å². The fraction of sp³-hybridized carbons (Fsp3) is 0. The van der Waals surface area contributed by atoms with E-state index >= 15 is 0 Å². The van der Waals surface area contributed by atoms with Gasteiger partial charge in [-0.2, -0.15) is 0 Å². The largest absolute Gasteiger partial charge is 0.321 e. The van der Waals surface area contributed by atoms with Gasteiger partial charge in [0.25, 0.3) is 11.6 Å². The molecule has 5 nitrogen and oxygen atoms in total. The van der Waals surface area contributed by atoms with E-state index in [1.54, 1.807) is 18.2 Å². The van der Waals surface area contributed by atoms with Gasteiger partial charge < -0.3 is 5.32 Å². The van der Waals surface area contributed by atoms with Crippen LogP contribution in [-0.4, -0.2) is 10.8 Å². The van der Waals surface area contributed by atoms with E-state index < -0.39 is 4.92 Å². The number of halogens is 2. The quantitative estimate of drug-likeness (QED) is 0.500. The lowest BCUT2D eigenvalue weighted by Gasteiger charge is -2.03. The van der Waals surface area contributed by atoms with Crippen LogP contribution >= 0.6 is 34.5 Å². The molecule has 3 aromatic rings. The van der Waals surface area contributed by atoms with Crippen molar-refractivity contribution in [3.8, 4) is 0 Å². The molecule has 0 bridgehead atoms. The highest BCUT2D eigenvalue weighted by Crippen LogP contribution is 2.37. The van der Waals surface area contributed by atoms with E-state index in [0.717, 1.165) is 10.1 Å². The molecule has 116 valence electrons.